The van der Waals surface area contributed by atoms with Gasteiger partial charge in [-0.05, 0) is 19.3 Å². The number of hydrogen-bond acceptors (Lipinski definition) is 2. The standard InChI is InChI=1S/C8H10N2O/c11-5-8-4-9-6-10(8)7-2-1-3-7/h4-7H,1-3H2. The van der Waals surface area contributed by atoms with E-state index in [2.05, 4.69) is 4.98 Å². The lowest BCUT2D eigenvalue weighted by atomic mass is 9.93. The van der Waals surface area contributed by atoms with Gasteiger partial charge in [-0.1, -0.05) is 0 Å². The predicted octanol–water partition coefficient (Wildman–Crippen LogP) is 1.42. The Morgan fingerprint density at radius 2 is 2.45 bits per heavy atom. The van der Waals surface area contributed by atoms with Crippen molar-refractivity contribution >= 4 is 6.29 Å². The zero-order chi connectivity index (χ0) is 7.68. The zero-order valence-corrected chi connectivity index (χ0v) is 6.23. The fourth-order valence-electron chi connectivity index (χ4n) is 1.38. The van der Waals surface area contributed by atoms with Crippen LogP contribution >= 0.6 is 0 Å². The molecule has 3 heteroatoms. The number of aromatic nitrogens is 2. The summed E-state index contributed by atoms with van der Waals surface area (Å²) in [5.41, 5.74) is 0.703. The van der Waals surface area contributed by atoms with Gasteiger partial charge in [-0.15, -0.1) is 0 Å². The Morgan fingerprint density at radius 3 is 3.00 bits per heavy atom. The molecular weight excluding hydrogens is 140 g/mol. The van der Waals surface area contributed by atoms with E-state index in [1.807, 2.05) is 4.57 Å². The molecule has 0 amide bonds. The van der Waals surface area contributed by atoms with Gasteiger partial charge in [-0.25, -0.2) is 4.98 Å². The van der Waals surface area contributed by atoms with Crippen LogP contribution < -0.4 is 0 Å². The summed E-state index contributed by atoms with van der Waals surface area (Å²) in [7, 11) is 0. The molecule has 1 aromatic heterocycles. The highest BCUT2D eigenvalue weighted by Gasteiger charge is 2.20. The summed E-state index contributed by atoms with van der Waals surface area (Å²) < 4.78 is 1.97. The number of carbonyl (C=O) groups is 1. The Balaban J connectivity index is 2.27. The number of aldehydes is 1. The maximum absolute atomic E-state index is 10.5. The Labute approximate surface area is 65.1 Å². The van der Waals surface area contributed by atoms with Crippen LogP contribution in [0.5, 0.6) is 0 Å². The summed E-state index contributed by atoms with van der Waals surface area (Å²) >= 11 is 0. The number of nitrogens with zero attached hydrogens (tertiary/aromatic N) is 2. The molecule has 1 fully saturated rings. The van der Waals surface area contributed by atoms with Crippen molar-refractivity contribution in [3.63, 3.8) is 0 Å². The Kier molecular flexibility index (Phi) is 1.49. The molecule has 58 valence electrons. The quantitative estimate of drug-likeness (QED) is 0.597. The van der Waals surface area contributed by atoms with E-state index in [9.17, 15) is 4.79 Å². The third-order valence-corrected chi connectivity index (χ3v) is 2.28. The van der Waals surface area contributed by atoms with Crippen LogP contribution in [0.15, 0.2) is 12.5 Å². The molecule has 11 heavy (non-hydrogen) atoms. The SMILES string of the molecule is O=Cc1cncn1C1CCC1. The molecule has 0 aromatic carbocycles. The summed E-state index contributed by atoms with van der Waals surface area (Å²) in [6.45, 7) is 0. The van der Waals surface area contributed by atoms with Gasteiger partial charge in [-0.3, -0.25) is 4.79 Å². The minimum Gasteiger partial charge on any atom is -0.325 e. The van der Waals surface area contributed by atoms with Crippen molar-refractivity contribution in [2.24, 2.45) is 0 Å². The summed E-state index contributed by atoms with van der Waals surface area (Å²) in [4.78, 5) is 14.4. The maximum atomic E-state index is 10.5. The zero-order valence-electron chi connectivity index (χ0n) is 6.23. The molecule has 1 aliphatic rings. The summed E-state index contributed by atoms with van der Waals surface area (Å²) in [6, 6.07) is 0.540. The fourth-order valence-corrected chi connectivity index (χ4v) is 1.38. The first kappa shape index (κ1) is 6.58. The number of rotatable bonds is 2. The molecule has 3 nitrogen and oxygen atoms in total. The van der Waals surface area contributed by atoms with Gasteiger partial charge in [0.25, 0.3) is 0 Å². The number of imidazole rings is 1. The average molecular weight is 150 g/mol. The van der Waals surface area contributed by atoms with Crippen LogP contribution in [0, 0.1) is 0 Å². The molecule has 1 aliphatic carbocycles. The van der Waals surface area contributed by atoms with Gasteiger partial charge in [-0.2, -0.15) is 0 Å². The van der Waals surface area contributed by atoms with Gasteiger partial charge in [0.05, 0.1) is 12.5 Å². The molecule has 2 rings (SSSR count). The lowest BCUT2D eigenvalue weighted by Gasteiger charge is -2.27. The van der Waals surface area contributed by atoms with Crippen LogP contribution in [-0.2, 0) is 0 Å². The van der Waals surface area contributed by atoms with Crippen molar-refractivity contribution in [2.75, 3.05) is 0 Å². The van der Waals surface area contributed by atoms with Gasteiger partial charge in [0, 0.05) is 6.04 Å². The van der Waals surface area contributed by atoms with Gasteiger partial charge < -0.3 is 4.57 Å². The number of carbonyl (C=O) groups excluding carboxylic acids is 1. The first-order valence-corrected chi connectivity index (χ1v) is 3.89. The normalized spacial score (nSPS) is 17.8. The van der Waals surface area contributed by atoms with E-state index in [0.29, 0.717) is 11.7 Å². The lowest BCUT2D eigenvalue weighted by molar-refractivity contribution is 0.111. The van der Waals surface area contributed by atoms with Crippen molar-refractivity contribution in [3.8, 4) is 0 Å². The highest BCUT2D eigenvalue weighted by molar-refractivity contribution is 5.71. The predicted molar refractivity (Wildman–Crippen MR) is 40.5 cm³/mol. The van der Waals surface area contributed by atoms with Crippen molar-refractivity contribution in [1.29, 1.82) is 0 Å². The summed E-state index contributed by atoms with van der Waals surface area (Å²) in [5.74, 6) is 0. The molecule has 0 radical (unpaired) electrons. The molecule has 0 N–H and O–H groups in total. The summed E-state index contributed by atoms with van der Waals surface area (Å²) in [6.07, 6.45) is 7.89. The van der Waals surface area contributed by atoms with E-state index < -0.39 is 0 Å². The second-order valence-electron chi connectivity index (χ2n) is 2.93. The van der Waals surface area contributed by atoms with Crippen LogP contribution in [0.3, 0.4) is 0 Å². The molecule has 1 aromatic rings. The van der Waals surface area contributed by atoms with E-state index >= 15 is 0 Å². The topological polar surface area (TPSA) is 34.9 Å². The van der Waals surface area contributed by atoms with Gasteiger partial charge in [0.1, 0.15) is 5.69 Å². The minimum atomic E-state index is 0.540. The largest absolute Gasteiger partial charge is 0.325 e. The second-order valence-corrected chi connectivity index (χ2v) is 2.93. The smallest absolute Gasteiger partial charge is 0.168 e. The average Bonchev–Trinajstić information content (AvgIpc) is 2.32. The van der Waals surface area contributed by atoms with Crippen LogP contribution in [0.25, 0.3) is 0 Å². The minimum absolute atomic E-state index is 0.540. The van der Waals surface area contributed by atoms with Gasteiger partial charge >= 0.3 is 0 Å². The van der Waals surface area contributed by atoms with Crippen LogP contribution in [0.1, 0.15) is 35.8 Å². The molecular formula is C8H10N2O. The lowest BCUT2D eigenvalue weighted by Crippen LogP contribution is -2.17. The Bertz CT molecular complexity index is 263. The van der Waals surface area contributed by atoms with E-state index in [0.717, 1.165) is 6.29 Å². The number of hydrogen-bond donors (Lipinski definition) is 0. The second kappa shape index (κ2) is 2.49. The Morgan fingerprint density at radius 1 is 1.64 bits per heavy atom. The fraction of sp³-hybridized carbons (Fsp3) is 0.500. The summed E-state index contributed by atoms with van der Waals surface area (Å²) in [5, 5.41) is 0. The third kappa shape index (κ3) is 0.964. The van der Waals surface area contributed by atoms with Crippen molar-refractivity contribution < 1.29 is 4.79 Å². The molecule has 0 unspecified atom stereocenters. The van der Waals surface area contributed by atoms with E-state index in [-0.39, 0.29) is 0 Å². The monoisotopic (exact) mass is 150 g/mol. The van der Waals surface area contributed by atoms with Crippen LogP contribution in [0.2, 0.25) is 0 Å². The molecule has 0 atom stereocenters. The molecule has 0 spiro atoms. The molecule has 1 heterocycles. The van der Waals surface area contributed by atoms with E-state index in [4.69, 9.17) is 0 Å². The Hall–Kier alpha value is -1.12. The maximum Gasteiger partial charge on any atom is 0.168 e. The van der Waals surface area contributed by atoms with Crippen molar-refractivity contribution in [1.82, 2.24) is 9.55 Å². The van der Waals surface area contributed by atoms with Crippen molar-refractivity contribution in [3.05, 3.63) is 18.2 Å². The molecule has 0 bridgehead atoms. The van der Waals surface area contributed by atoms with E-state index in [1.165, 1.54) is 19.3 Å². The molecule has 1 saturated carbocycles. The molecule has 0 saturated heterocycles. The first-order valence-electron chi connectivity index (χ1n) is 3.89. The van der Waals surface area contributed by atoms with Crippen molar-refractivity contribution in [2.45, 2.75) is 25.3 Å². The highest BCUT2D eigenvalue weighted by Crippen LogP contribution is 2.31. The molecule has 0 aliphatic heterocycles. The first-order chi connectivity index (χ1) is 5.42. The van der Waals surface area contributed by atoms with Gasteiger partial charge in [0.15, 0.2) is 6.29 Å². The third-order valence-electron chi connectivity index (χ3n) is 2.28. The van der Waals surface area contributed by atoms with Crippen LogP contribution in [-0.4, -0.2) is 15.8 Å². The van der Waals surface area contributed by atoms with Crippen LogP contribution in [0.4, 0.5) is 0 Å². The highest BCUT2D eigenvalue weighted by atomic mass is 16.1. The van der Waals surface area contributed by atoms with E-state index in [1.54, 1.807) is 12.5 Å². The van der Waals surface area contributed by atoms with Gasteiger partial charge in [0.2, 0.25) is 0 Å².